The lowest BCUT2D eigenvalue weighted by Crippen LogP contribution is -3.00. The summed E-state index contributed by atoms with van der Waals surface area (Å²) in [6.07, 6.45) is 0.441. The SMILES string of the molecule is O=C([O-])[C@@H]1CCSC[C@@H](C(=O)[O-])[NH2+]1. The molecule has 0 aromatic carbocycles. The van der Waals surface area contributed by atoms with Gasteiger partial charge in [0, 0.05) is 6.42 Å². The van der Waals surface area contributed by atoms with Crippen molar-refractivity contribution in [3.63, 3.8) is 0 Å². The van der Waals surface area contributed by atoms with Crippen LogP contribution in [0.1, 0.15) is 6.42 Å². The summed E-state index contributed by atoms with van der Waals surface area (Å²) in [4.78, 5) is 21.0. The molecule has 2 atom stereocenters. The van der Waals surface area contributed by atoms with Crippen LogP contribution in [0.4, 0.5) is 0 Å². The third kappa shape index (κ3) is 2.89. The van der Waals surface area contributed by atoms with Gasteiger partial charge in [-0.3, -0.25) is 0 Å². The Kier molecular flexibility index (Phi) is 3.56. The molecule has 0 bridgehead atoms. The summed E-state index contributed by atoms with van der Waals surface area (Å²) in [5, 5.41) is 22.3. The summed E-state index contributed by atoms with van der Waals surface area (Å²) in [6, 6.07) is -1.52. The van der Waals surface area contributed by atoms with E-state index in [9.17, 15) is 19.8 Å². The number of nitrogens with two attached hydrogens (primary N) is 1. The summed E-state index contributed by atoms with van der Waals surface area (Å²) in [7, 11) is 0. The van der Waals surface area contributed by atoms with Crippen LogP contribution >= 0.6 is 11.8 Å². The Morgan fingerprint density at radius 1 is 1.23 bits per heavy atom. The molecule has 1 heterocycles. The molecule has 1 saturated heterocycles. The number of rotatable bonds is 2. The zero-order chi connectivity index (χ0) is 9.84. The van der Waals surface area contributed by atoms with Gasteiger partial charge in [-0.25, -0.2) is 0 Å². The first-order valence-electron chi connectivity index (χ1n) is 3.95. The van der Waals surface area contributed by atoms with Crippen LogP contribution in [0.3, 0.4) is 0 Å². The van der Waals surface area contributed by atoms with Crippen molar-refractivity contribution in [2.24, 2.45) is 0 Å². The van der Waals surface area contributed by atoms with E-state index in [-0.39, 0.29) is 0 Å². The lowest BCUT2D eigenvalue weighted by Gasteiger charge is -2.19. The van der Waals surface area contributed by atoms with E-state index in [1.807, 2.05) is 0 Å². The molecule has 0 unspecified atom stereocenters. The fourth-order valence-corrected chi connectivity index (χ4v) is 2.28. The minimum Gasteiger partial charge on any atom is -0.544 e. The van der Waals surface area contributed by atoms with Gasteiger partial charge in [-0.05, 0) is 5.75 Å². The highest BCUT2D eigenvalue weighted by Gasteiger charge is 2.24. The smallest absolute Gasteiger partial charge is 0.136 e. The molecule has 0 radical (unpaired) electrons. The molecule has 0 spiro atoms. The molecule has 6 heteroatoms. The average molecular weight is 204 g/mol. The zero-order valence-corrected chi connectivity index (χ0v) is 7.71. The summed E-state index contributed by atoms with van der Waals surface area (Å²) in [5.41, 5.74) is 0. The molecule has 0 aliphatic carbocycles. The predicted molar refractivity (Wildman–Crippen MR) is 41.5 cm³/mol. The lowest BCUT2D eigenvalue weighted by molar-refractivity contribution is -0.704. The maximum Gasteiger partial charge on any atom is 0.136 e. The molecule has 1 rings (SSSR count). The Morgan fingerprint density at radius 3 is 2.38 bits per heavy atom. The van der Waals surface area contributed by atoms with Crippen molar-refractivity contribution < 1.29 is 25.1 Å². The summed E-state index contributed by atoms with van der Waals surface area (Å²) in [6.45, 7) is 0. The topological polar surface area (TPSA) is 96.9 Å². The molecule has 0 amide bonds. The third-order valence-electron chi connectivity index (χ3n) is 1.94. The van der Waals surface area contributed by atoms with Crippen molar-refractivity contribution in [2.75, 3.05) is 11.5 Å². The number of quaternary nitrogens is 1. The highest BCUT2D eigenvalue weighted by atomic mass is 32.2. The van der Waals surface area contributed by atoms with Crippen LogP contribution in [0.5, 0.6) is 0 Å². The highest BCUT2D eigenvalue weighted by Crippen LogP contribution is 2.07. The van der Waals surface area contributed by atoms with Crippen molar-refractivity contribution in [1.29, 1.82) is 0 Å². The van der Waals surface area contributed by atoms with Crippen molar-refractivity contribution >= 4 is 23.7 Å². The van der Waals surface area contributed by atoms with Crippen LogP contribution in [-0.4, -0.2) is 35.5 Å². The largest absolute Gasteiger partial charge is 0.544 e. The van der Waals surface area contributed by atoms with E-state index in [0.717, 1.165) is 0 Å². The summed E-state index contributed by atoms with van der Waals surface area (Å²) < 4.78 is 0. The number of carboxylic acids is 2. The highest BCUT2D eigenvalue weighted by molar-refractivity contribution is 7.99. The van der Waals surface area contributed by atoms with Gasteiger partial charge in [0.15, 0.2) is 0 Å². The number of aliphatic carboxylic acids is 2. The van der Waals surface area contributed by atoms with Gasteiger partial charge in [0.1, 0.15) is 18.1 Å². The molecule has 1 fully saturated rings. The monoisotopic (exact) mass is 204 g/mol. The van der Waals surface area contributed by atoms with Crippen molar-refractivity contribution in [3.8, 4) is 0 Å². The Bertz CT molecular complexity index is 199. The Balaban J connectivity index is 2.59. The first-order chi connectivity index (χ1) is 6.11. The number of carbonyl (C=O) groups is 2. The maximum atomic E-state index is 10.5. The molecule has 1 aliphatic rings. The van der Waals surface area contributed by atoms with Crippen molar-refractivity contribution in [1.82, 2.24) is 0 Å². The minimum atomic E-state index is -1.21. The fourth-order valence-electron chi connectivity index (χ4n) is 1.20. The second-order valence-electron chi connectivity index (χ2n) is 2.91. The average Bonchev–Trinajstić information content (AvgIpc) is 2.28. The van der Waals surface area contributed by atoms with Crippen molar-refractivity contribution in [2.45, 2.75) is 18.5 Å². The first-order valence-corrected chi connectivity index (χ1v) is 5.11. The van der Waals surface area contributed by atoms with Gasteiger partial charge < -0.3 is 25.1 Å². The number of hydrogen-bond donors (Lipinski definition) is 1. The van der Waals surface area contributed by atoms with E-state index in [2.05, 4.69) is 0 Å². The Hall–Kier alpha value is -0.750. The van der Waals surface area contributed by atoms with Gasteiger partial charge in [0.25, 0.3) is 0 Å². The van der Waals surface area contributed by atoms with Crippen LogP contribution in [-0.2, 0) is 9.59 Å². The number of carbonyl (C=O) groups excluding carboxylic acids is 2. The second kappa shape index (κ2) is 4.48. The number of thioether (sulfide) groups is 1. The van der Waals surface area contributed by atoms with Crippen LogP contribution < -0.4 is 15.5 Å². The minimum absolute atomic E-state index is 0.395. The molecular weight excluding hydrogens is 194 g/mol. The van der Waals surface area contributed by atoms with Gasteiger partial charge in [-0.15, -0.1) is 0 Å². The summed E-state index contributed by atoms with van der Waals surface area (Å²) in [5.74, 6) is -1.36. The maximum absolute atomic E-state index is 10.5. The van der Waals surface area contributed by atoms with Crippen LogP contribution in [0, 0.1) is 0 Å². The van der Waals surface area contributed by atoms with Gasteiger partial charge in [-0.2, -0.15) is 11.8 Å². The molecule has 5 nitrogen and oxygen atoms in total. The third-order valence-corrected chi connectivity index (χ3v) is 3.06. The second-order valence-corrected chi connectivity index (χ2v) is 4.06. The molecule has 1 aliphatic heterocycles. The fraction of sp³-hybridized carbons (Fsp3) is 0.714. The van der Waals surface area contributed by atoms with E-state index in [0.29, 0.717) is 17.9 Å². The lowest BCUT2D eigenvalue weighted by atomic mass is 10.2. The van der Waals surface area contributed by atoms with Crippen LogP contribution in [0.15, 0.2) is 0 Å². The zero-order valence-electron chi connectivity index (χ0n) is 6.89. The molecular formula is C7H10NO4S-. The first kappa shape index (κ1) is 10.3. The van der Waals surface area contributed by atoms with Gasteiger partial charge >= 0.3 is 0 Å². The predicted octanol–water partition coefficient (Wildman–Crippen LogP) is -4.08. The van der Waals surface area contributed by atoms with Gasteiger partial charge in [0.2, 0.25) is 0 Å². The van der Waals surface area contributed by atoms with Gasteiger partial charge in [0.05, 0.1) is 11.7 Å². The summed E-state index contributed by atoms with van der Waals surface area (Å²) >= 11 is 1.43. The van der Waals surface area contributed by atoms with E-state index < -0.39 is 24.0 Å². The molecule has 74 valence electrons. The number of carboxylic acid groups (broad SMARTS) is 2. The van der Waals surface area contributed by atoms with E-state index >= 15 is 0 Å². The quantitative estimate of drug-likeness (QED) is 0.493. The molecule has 0 aromatic rings. The number of hydrogen-bond acceptors (Lipinski definition) is 5. The van der Waals surface area contributed by atoms with Gasteiger partial charge in [-0.1, -0.05) is 0 Å². The van der Waals surface area contributed by atoms with Crippen molar-refractivity contribution in [3.05, 3.63) is 0 Å². The Morgan fingerprint density at radius 2 is 1.85 bits per heavy atom. The standard InChI is InChI=1S/C7H11NO4S/c9-6(10)4-1-2-13-3-5(8-4)7(11)12/h4-5,8H,1-3H2,(H,9,10)(H,11,12)/p-1/t4-,5-/m0/s1. The normalized spacial score (nSPS) is 29.2. The Labute approximate surface area is 79.5 Å². The molecule has 13 heavy (non-hydrogen) atoms. The molecule has 0 saturated carbocycles. The van der Waals surface area contributed by atoms with E-state index in [4.69, 9.17) is 0 Å². The van der Waals surface area contributed by atoms with Crippen LogP contribution in [0.25, 0.3) is 0 Å². The molecule has 0 aromatic heterocycles. The van der Waals surface area contributed by atoms with E-state index in [1.165, 1.54) is 17.1 Å². The van der Waals surface area contributed by atoms with Crippen LogP contribution in [0.2, 0.25) is 0 Å². The molecule has 2 N–H and O–H groups in total. The van der Waals surface area contributed by atoms with E-state index in [1.54, 1.807) is 0 Å².